The molecule has 1 amide bonds. The molecule has 7 heteroatoms. The number of fused-ring (bicyclic) bond motifs is 1. The number of aryl methyl sites for hydroxylation is 2. The van der Waals surface area contributed by atoms with Crippen molar-refractivity contribution in [3.63, 3.8) is 0 Å². The van der Waals surface area contributed by atoms with E-state index in [1.165, 1.54) is 0 Å². The van der Waals surface area contributed by atoms with Crippen molar-refractivity contribution in [2.45, 2.75) is 32.8 Å². The van der Waals surface area contributed by atoms with E-state index in [0.29, 0.717) is 19.5 Å². The molecule has 136 valence electrons. The number of amides is 1. The van der Waals surface area contributed by atoms with Crippen LogP contribution in [-0.2, 0) is 17.6 Å². The van der Waals surface area contributed by atoms with Crippen LogP contribution in [0.25, 0.3) is 5.65 Å². The zero-order valence-electron chi connectivity index (χ0n) is 15.0. The Morgan fingerprint density at radius 3 is 3.00 bits per heavy atom. The van der Waals surface area contributed by atoms with E-state index in [9.17, 15) is 9.90 Å². The van der Waals surface area contributed by atoms with Crippen LogP contribution in [0.1, 0.15) is 22.6 Å². The molecule has 0 bridgehead atoms. The molecular formula is C19H23N5O2. The number of carbonyl (C=O) groups excluding carboxylic acids is 1. The van der Waals surface area contributed by atoms with Crippen LogP contribution in [-0.4, -0.2) is 54.7 Å². The normalized spacial score (nSPS) is 20.2. The Hall–Kier alpha value is -2.67. The summed E-state index contributed by atoms with van der Waals surface area (Å²) in [5.41, 5.74) is 4.76. The first-order valence-corrected chi connectivity index (χ1v) is 8.89. The topological polar surface area (TPSA) is 86.5 Å². The predicted octanol–water partition coefficient (Wildman–Crippen LogP) is 1.28. The minimum Gasteiger partial charge on any atom is -0.391 e. The van der Waals surface area contributed by atoms with Gasteiger partial charge in [0.25, 0.3) is 0 Å². The first-order chi connectivity index (χ1) is 12.5. The molecule has 3 aromatic rings. The van der Waals surface area contributed by atoms with Crippen LogP contribution >= 0.6 is 0 Å². The summed E-state index contributed by atoms with van der Waals surface area (Å²) in [5.74, 6) is 0.0409. The molecule has 0 unspecified atom stereocenters. The summed E-state index contributed by atoms with van der Waals surface area (Å²) >= 11 is 0. The van der Waals surface area contributed by atoms with Gasteiger partial charge >= 0.3 is 0 Å². The Kier molecular flexibility index (Phi) is 4.24. The van der Waals surface area contributed by atoms with E-state index in [1.807, 2.05) is 42.6 Å². The Balaban J connectivity index is 1.44. The van der Waals surface area contributed by atoms with E-state index in [-0.39, 0.29) is 18.2 Å². The predicted molar refractivity (Wildman–Crippen MR) is 96.7 cm³/mol. The first-order valence-electron chi connectivity index (χ1n) is 8.89. The largest absolute Gasteiger partial charge is 0.391 e. The van der Waals surface area contributed by atoms with Gasteiger partial charge in [-0.2, -0.15) is 5.10 Å². The van der Waals surface area contributed by atoms with Crippen molar-refractivity contribution < 1.29 is 9.90 Å². The molecule has 0 radical (unpaired) electrons. The van der Waals surface area contributed by atoms with Crippen molar-refractivity contribution in [1.82, 2.24) is 24.5 Å². The molecule has 0 aliphatic carbocycles. The summed E-state index contributed by atoms with van der Waals surface area (Å²) in [6, 6.07) is 5.95. The smallest absolute Gasteiger partial charge is 0.228 e. The Bertz CT molecular complexity index is 944. The summed E-state index contributed by atoms with van der Waals surface area (Å²) in [7, 11) is 0. The highest BCUT2D eigenvalue weighted by molar-refractivity contribution is 5.79. The fraction of sp³-hybridized carbons (Fsp3) is 0.421. The molecule has 1 saturated heterocycles. The molecular weight excluding hydrogens is 330 g/mol. The minimum absolute atomic E-state index is 0.0195. The van der Waals surface area contributed by atoms with Gasteiger partial charge in [0, 0.05) is 37.1 Å². The number of hydrogen-bond donors (Lipinski definition) is 2. The lowest BCUT2D eigenvalue weighted by atomic mass is 10.0. The second kappa shape index (κ2) is 6.57. The number of H-pyrrole nitrogens is 1. The molecule has 26 heavy (non-hydrogen) atoms. The van der Waals surface area contributed by atoms with Crippen molar-refractivity contribution >= 4 is 11.6 Å². The quantitative estimate of drug-likeness (QED) is 0.740. The highest BCUT2D eigenvalue weighted by Gasteiger charge is 2.34. The van der Waals surface area contributed by atoms with Crippen LogP contribution in [0, 0.1) is 19.8 Å². The summed E-state index contributed by atoms with van der Waals surface area (Å²) in [6.07, 6.45) is 4.13. The number of nitrogens with one attached hydrogen (secondary N) is 1. The number of carbonyl (C=O) groups is 1. The number of rotatable bonds is 4. The zero-order valence-corrected chi connectivity index (χ0v) is 15.0. The van der Waals surface area contributed by atoms with Gasteiger partial charge in [0.15, 0.2) is 0 Å². The van der Waals surface area contributed by atoms with Crippen LogP contribution in [0.4, 0.5) is 0 Å². The average molecular weight is 353 g/mol. The van der Waals surface area contributed by atoms with Gasteiger partial charge in [-0.3, -0.25) is 9.89 Å². The van der Waals surface area contributed by atoms with E-state index in [4.69, 9.17) is 0 Å². The number of hydrogen-bond acceptors (Lipinski definition) is 4. The van der Waals surface area contributed by atoms with Crippen molar-refractivity contribution in [2.75, 3.05) is 13.1 Å². The van der Waals surface area contributed by atoms with Crippen molar-refractivity contribution in [3.8, 4) is 0 Å². The highest BCUT2D eigenvalue weighted by Crippen LogP contribution is 2.22. The molecule has 1 fully saturated rings. The number of aliphatic hydroxyl groups is 1. The van der Waals surface area contributed by atoms with Crippen molar-refractivity contribution in [3.05, 3.63) is 53.2 Å². The van der Waals surface area contributed by atoms with E-state index in [2.05, 4.69) is 15.2 Å². The van der Waals surface area contributed by atoms with E-state index >= 15 is 0 Å². The average Bonchev–Trinajstić information content (AvgIpc) is 3.29. The molecule has 4 heterocycles. The van der Waals surface area contributed by atoms with Crippen LogP contribution in [0.3, 0.4) is 0 Å². The maximum absolute atomic E-state index is 12.7. The molecule has 2 atom stereocenters. The number of nitrogens with zero attached hydrogens (tertiary/aromatic N) is 4. The van der Waals surface area contributed by atoms with Crippen molar-refractivity contribution in [1.29, 1.82) is 0 Å². The maximum Gasteiger partial charge on any atom is 0.228 e. The van der Waals surface area contributed by atoms with Gasteiger partial charge in [-0.05, 0) is 38.0 Å². The third kappa shape index (κ3) is 3.10. The molecule has 0 saturated carbocycles. The highest BCUT2D eigenvalue weighted by atomic mass is 16.3. The molecule has 1 aliphatic rings. The molecule has 4 rings (SSSR count). The lowest BCUT2D eigenvalue weighted by Gasteiger charge is -2.16. The number of pyridine rings is 1. The zero-order chi connectivity index (χ0) is 18.3. The Morgan fingerprint density at radius 1 is 1.38 bits per heavy atom. The van der Waals surface area contributed by atoms with Crippen LogP contribution < -0.4 is 0 Å². The second-order valence-electron chi connectivity index (χ2n) is 7.18. The number of β-amino-alcohol motifs (C(OH)–C–C–N with tert-alkyl or cyclic N) is 1. The van der Waals surface area contributed by atoms with Gasteiger partial charge < -0.3 is 14.4 Å². The van der Waals surface area contributed by atoms with Crippen LogP contribution in [0.5, 0.6) is 0 Å². The van der Waals surface area contributed by atoms with Gasteiger partial charge in [-0.1, -0.05) is 6.07 Å². The lowest BCUT2D eigenvalue weighted by molar-refractivity contribution is -0.129. The summed E-state index contributed by atoms with van der Waals surface area (Å²) in [6.45, 7) is 4.89. The second-order valence-corrected chi connectivity index (χ2v) is 7.18. The number of aromatic nitrogens is 4. The Morgan fingerprint density at radius 2 is 2.23 bits per heavy atom. The Labute approximate surface area is 151 Å². The fourth-order valence-corrected chi connectivity index (χ4v) is 3.71. The van der Waals surface area contributed by atoms with Crippen LogP contribution in [0.2, 0.25) is 0 Å². The number of aromatic amines is 1. The summed E-state index contributed by atoms with van der Waals surface area (Å²) in [4.78, 5) is 18.9. The number of aliphatic hydroxyl groups excluding tert-OH is 1. The molecule has 1 aliphatic heterocycles. The van der Waals surface area contributed by atoms with Gasteiger partial charge in [0.2, 0.25) is 5.91 Å². The molecule has 0 spiro atoms. The minimum atomic E-state index is -0.514. The van der Waals surface area contributed by atoms with Gasteiger partial charge in [-0.25, -0.2) is 4.98 Å². The van der Waals surface area contributed by atoms with E-state index in [0.717, 1.165) is 28.3 Å². The standard InChI is InChI=1S/C19H23N5O2/c1-12-4-3-5-24-16(9-20-19(12)24)8-18(26)23-10-14(17(25)11-23)7-15-6-13(2)21-22-15/h3-6,9,14,17,25H,7-8,10-11H2,1-2H3,(H,21,22)/t14-,17-/m1/s1. The summed E-state index contributed by atoms with van der Waals surface area (Å²) in [5, 5.41) is 17.5. The van der Waals surface area contributed by atoms with E-state index in [1.54, 1.807) is 11.1 Å². The molecule has 2 N–H and O–H groups in total. The van der Waals surface area contributed by atoms with Crippen LogP contribution in [0.15, 0.2) is 30.6 Å². The molecule has 7 nitrogen and oxygen atoms in total. The van der Waals surface area contributed by atoms with Gasteiger partial charge in [0.05, 0.1) is 23.9 Å². The number of likely N-dealkylation sites (tertiary alicyclic amines) is 1. The van der Waals surface area contributed by atoms with E-state index < -0.39 is 6.10 Å². The number of imidazole rings is 1. The fourth-order valence-electron chi connectivity index (χ4n) is 3.71. The summed E-state index contributed by atoms with van der Waals surface area (Å²) < 4.78 is 1.96. The third-order valence-electron chi connectivity index (χ3n) is 5.13. The lowest BCUT2D eigenvalue weighted by Crippen LogP contribution is -2.31. The van der Waals surface area contributed by atoms with Gasteiger partial charge in [0.1, 0.15) is 5.65 Å². The molecule has 3 aromatic heterocycles. The van der Waals surface area contributed by atoms with Gasteiger partial charge in [-0.15, -0.1) is 0 Å². The SMILES string of the molecule is Cc1cc(C[C@@H]2CN(C(=O)Cc3cnc4c(C)cccn34)C[C@H]2O)n[nH]1. The monoisotopic (exact) mass is 353 g/mol. The van der Waals surface area contributed by atoms with Crippen molar-refractivity contribution in [2.24, 2.45) is 5.92 Å². The first kappa shape index (κ1) is 16.8. The maximum atomic E-state index is 12.7. The molecule has 0 aromatic carbocycles. The third-order valence-corrected chi connectivity index (χ3v) is 5.13.